The first-order chi connectivity index (χ1) is 8.60. The minimum atomic E-state index is 0.532. The summed E-state index contributed by atoms with van der Waals surface area (Å²) in [5.74, 6) is 0. The van der Waals surface area contributed by atoms with Crippen molar-refractivity contribution in [1.29, 1.82) is 5.26 Å². The van der Waals surface area contributed by atoms with Gasteiger partial charge in [0.15, 0.2) is 0 Å². The Bertz CT molecular complexity index is 632. The highest BCUT2D eigenvalue weighted by molar-refractivity contribution is 9.10. The van der Waals surface area contributed by atoms with Crippen molar-refractivity contribution in [3.05, 3.63) is 57.0 Å². The SMILES string of the molecule is Cc1cc(Br)ccc1Nc1ccc(Cl)cc1C#N. The minimum absolute atomic E-state index is 0.532. The molecule has 0 aliphatic carbocycles. The van der Waals surface area contributed by atoms with E-state index in [1.54, 1.807) is 12.1 Å². The van der Waals surface area contributed by atoms with Crippen molar-refractivity contribution >= 4 is 38.9 Å². The number of nitrogens with zero attached hydrogens (tertiary/aromatic N) is 1. The quantitative estimate of drug-likeness (QED) is 0.842. The number of hydrogen-bond donors (Lipinski definition) is 1. The maximum Gasteiger partial charge on any atom is 0.101 e. The molecule has 0 amide bonds. The summed E-state index contributed by atoms with van der Waals surface area (Å²) in [5, 5.41) is 12.9. The van der Waals surface area contributed by atoms with E-state index in [4.69, 9.17) is 16.9 Å². The molecule has 2 aromatic carbocycles. The van der Waals surface area contributed by atoms with Crippen molar-refractivity contribution in [2.45, 2.75) is 6.92 Å². The van der Waals surface area contributed by atoms with Gasteiger partial charge >= 0.3 is 0 Å². The van der Waals surface area contributed by atoms with Gasteiger partial charge in [-0.3, -0.25) is 0 Å². The van der Waals surface area contributed by atoms with Gasteiger partial charge in [0.05, 0.1) is 11.3 Å². The molecule has 0 aliphatic heterocycles. The number of anilines is 2. The first-order valence-corrected chi connectivity index (χ1v) is 6.50. The first kappa shape index (κ1) is 12.9. The molecule has 0 radical (unpaired) electrons. The third kappa shape index (κ3) is 2.84. The monoisotopic (exact) mass is 320 g/mol. The van der Waals surface area contributed by atoms with Crippen molar-refractivity contribution in [3.63, 3.8) is 0 Å². The number of halogens is 2. The fraction of sp³-hybridized carbons (Fsp3) is 0.0714. The summed E-state index contributed by atoms with van der Waals surface area (Å²) in [4.78, 5) is 0. The van der Waals surface area contributed by atoms with Crippen LogP contribution < -0.4 is 5.32 Å². The van der Waals surface area contributed by atoms with Crippen LogP contribution in [0.1, 0.15) is 11.1 Å². The normalized spacial score (nSPS) is 9.89. The zero-order valence-electron chi connectivity index (χ0n) is 9.67. The second-order valence-corrected chi connectivity index (χ2v) is 5.24. The first-order valence-electron chi connectivity index (χ1n) is 5.33. The van der Waals surface area contributed by atoms with Crippen LogP contribution in [-0.2, 0) is 0 Å². The van der Waals surface area contributed by atoms with Gasteiger partial charge in [-0.2, -0.15) is 5.26 Å². The lowest BCUT2D eigenvalue weighted by atomic mass is 10.1. The average Bonchev–Trinajstić information content (AvgIpc) is 2.34. The molecule has 2 aromatic rings. The van der Waals surface area contributed by atoms with E-state index in [1.807, 2.05) is 31.2 Å². The number of nitriles is 1. The summed E-state index contributed by atoms with van der Waals surface area (Å²) in [6.45, 7) is 2.01. The van der Waals surface area contributed by atoms with Crippen molar-refractivity contribution in [2.75, 3.05) is 5.32 Å². The van der Waals surface area contributed by atoms with E-state index in [9.17, 15) is 0 Å². The molecule has 0 fully saturated rings. The van der Waals surface area contributed by atoms with Crippen LogP contribution in [0.4, 0.5) is 11.4 Å². The van der Waals surface area contributed by atoms with Gasteiger partial charge in [0.25, 0.3) is 0 Å². The van der Waals surface area contributed by atoms with Gasteiger partial charge in [-0.15, -0.1) is 0 Å². The third-order valence-electron chi connectivity index (χ3n) is 2.56. The second kappa shape index (κ2) is 5.43. The van der Waals surface area contributed by atoms with Crippen LogP contribution in [0.25, 0.3) is 0 Å². The molecule has 1 N–H and O–H groups in total. The van der Waals surface area contributed by atoms with Gasteiger partial charge in [0, 0.05) is 15.2 Å². The van der Waals surface area contributed by atoms with Crippen molar-refractivity contribution in [2.24, 2.45) is 0 Å². The lowest BCUT2D eigenvalue weighted by molar-refractivity contribution is 1.40. The zero-order valence-corrected chi connectivity index (χ0v) is 12.0. The fourth-order valence-corrected chi connectivity index (χ4v) is 2.28. The average molecular weight is 322 g/mol. The van der Waals surface area contributed by atoms with Gasteiger partial charge in [-0.05, 0) is 48.9 Å². The maximum atomic E-state index is 9.08. The molecule has 2 nitrogen and oxygen atoms in total. The predicted molar refractivity (Wildman–Crippen MR) is 78.3 cm³/mol. The Morgan fingerprint density at radius 3 is 2.56 bits per heavy atom. The van der Waals surface area contributed by atoms with Gasteiger partial charge in [-0.1, -0.05) is 27.5 Å². The summed E-state index contributed by atoms with van der Waals surface area (Å²) >= 11 is 9.29. The van der Waals surface area contributed by atoms with Gasteiger partial charge < -0.3 is 5.32 Å². The highest BCUT2D eigenvalue weighted by atomic mass is 79.9. The van der Waals surface area contributed by atoms with Crippen LogP contribution in [0.15, 0.2) is 40.9 Å². The Morgan fingerprint density at radius 1 is 1.17 bits per heavy atom. The fourth-order valence-electron chi connectivity index (χ4n) is 1.63. The number of benzene rings is 2. The van der Waals surface area contributed by atoms with E-state index in [0.717, 1.165) is 21.4 Å². The summed E-state index contributed by atoms with van der Waals surface area (Å²) in [5.41, 5.74) is 3.36. The molecule has 0 spiro atoms. The van der Waals surface area contributed by atoms with Crippen molar-refractivity contribution in [3.8, 4) is 6.07 Å². The Labute approximate surface area is 119 Å². The molecule has 90 valence electrons. The van der Waals surface area contributed by atoms with E-state index in [0.29, 0.717) is 10.6 Å². The van der Waals surface area contributed by atoms with Crippen molar-refractivity contribution < 1.29 is 0 Å². The van der Waals surface area contributed by atoms with E-state index in [2.05, 4.69) is 27.3 Å². The van der Waals surface area contributed by atoms with Crippen LogP contribution in [-0.4, -0.2) is 0 Å². The van der Waals surface area contributed by atoms with E-state index in [1.165, 1.54) is 0 Å². The molecule has 0 aromatic heterocycles. The molecule has 0 saturated heterocycles. The molecule has 0 aliphatic rings. The highest BCUT2D eigenvalue weighted by Crippen LogP contribution is 2.27. The van der Waals surface area contributed by atoms with E-state index >= 15 is 0 Å². The minimum Gasteiger partial charge on any atom is -0.354 e. The molecule has 2 rings (SSSR count). The van der Waals surface area contributed by atoms with Crippen LogP contribution >= 0.6 is 27.5 Å². The molecule has 0 unspecified atom stereocenters. The van der Waals surface area contributed by atoms with Crippen LogP contribution in [0.2, 0.25) is 5.02 Å². The standard InChI is InChI=1S/C14H10BrClN2/c1-9-6-11(15)2-4-13(9)18-14-5-3-12(16)7-10(14)8-17/h2-7,18H,1H3. The smallest absolute Gasteiger partial charge is 0.101 e. The molecular formula is C14H10BrClN2. The molecule has 0 atom stereocenters. The van der Waals surface area contributed by atoms with E-state index in [-0.39, 0.29) is 0 Å². The second-order valence-electron chi connectivity index (χ2n) is 3.89. The molecular weight excluding hydrogens is 312 g/mol. The van der Waals surface area contributed by atoms with Crippen LogP contribution in [0.3, 0.4) is 0 Å². The van der Waals surface area contributed by atoms with Gasteiger partial charge in [0.2, 0.25) is 0 Å². The summed E-state index contributed by atoms with van der Waals surface area (Å²) in [6, 6.07) is 13.3. The predicted octanol–water partition coefficient (Wildman–Crippen LogP) is 5.03. The summed E-state index contributed by atoms with van der Waals surface area (Å²) < 4.78 is 1.03. The summed E-state index contributed by atoms with van der Waals surface area (Å²) in [6.07, 6.45) is 0. The number of rotatable bonds is 2. The molecule has 0 saturated carbocycles. The Morgan fingerprint density at radius 2 is 1.89 bits per heavy atom. The largest absolute Gasteiger partial charge is 0.354 e. The molecule has 0 bridgehead atoms. The molecule has 4 heteroatoms. The lowest BCUT2D eigenvalue weighted by Crippen LogP contribution is -1.95. The van der Waals surface area contributed by atoms with E-state index < -0.39 is 0 Å². The molecule has 18 heavy (non-hydrogen) atoms. The number of nitrogens with one attached hydrogen (secondary N) is 1. The lowest BCUT2D eigenvalue weighted by Gasteiger charge is -2.11. The van der Waals surface area contributed by atoms with Crippen molar-refractivity contribution in [1.82, 2.24) is 0 Å². The molecule has 0 heterocycles. The Balaban J connectivity index is 2.37. The van der Waals surface area contributed by atoms with Gasteiger partial charge in [-0.25, -0.2) is 0 Å². The van der Waals surface area contributed by atoms with Crippen LogP contribution in [0.5, 0.6) is 0 Å². The third-order valence-corrected chi connectivity index (χ3v) is 3.29. The topological polar surface area (TPSA) is 35.8 Å². The Hall–Kier alpha value is -1.50. The Kier molecular flexibility index (Phi) is 3.90. The summed E-state index contributed by atoms with van der Waals surface area (Å²) in [7, 11) is 0. The van der Waals surface area contributed by atoms with Gasteiger partial charge in [0.1, 0.15) is 6.07 Å². The number of aryl methyl sites for hydroxylation is 1. The number of hydrogen-bond acceptors (Lipinski definition) is 2. The zero-order chi connectivity index (χ0) is 13.1. The highest BCUT2D eigenvalue weighted by Gasteiger charge is 2.05. The van der Waals surface area contributed by atoms with Crippen LogP contribution in [0, 0.1) is 18.3 Å². The maximum absolute atomic E-state index is 9.08.